The van der Waals surface area contributed by atoms with Gasteiger partial charge in [-0.2, -0.15) is 0 Å². The molecule has 1 fully saturated rings. The smallest absolute Gasteiger partial charge is 0.326 e. The number of rotatable bonds is 6. The molecule has 27 heavy (non-hydrogen) atoms. The second kappa shape index (κ2) is 7.00. The minimum Gasteiger partial charge on any atom is -0.496 e. The van der Waals surface area contributed by atoms with Crippen LogP contribution in [-0.2, 0) is 11.3 Å². The number of aromatic amines is 2. The van der Waals surface area contributed by atoms with Crippen LogP contribution in [-0.4, -0.2) is 28.7 Å². The van der Waals surface area contributed by atoms with Crippen LogP contribution in [0.5, 0.6) is 5.75 Å². The molecule has 0 radical (unpaired) electrons. The summed E-state index contributed by atoms with van der Waals surface area (Å²) < 4.78 is 10.9. The van der Waals surface area contributed by atoms with E-state index >= 15 is 0 Å². The molecule has 140 valence electrons. The van der Waals surface area contributed by atoms with Crippen LogP contribution in [0.2, 0.25) is 0 Å². The summed E-state index contributed by atoms with van der Waals surface area (Å²) in [5, 5.41) is 0. The molecular weight excluding hydrogens is 346 g/mol. The Labute approximate surface area is 155 Å². The maximum atomic E-state index is 12.3. The Kier molecular flexibility index (Phi) is 4.53. The molecule has 1 aliphatic carbocycles. The Bertz CT molecular complexity index is 1110. The molecule has 2 heterocycles. The number of H-pyrrole nitrogens is 2. The van der Waals surface area contributed by atoms with Crippen molar-refractivity contribution >= 4 is 11.0 Å². The predicted octanol–water partition coefficient (Wildman–Crippen LogP) is 2.70. The first-order chi connectivity index (χ1) is 13.1. The quantitative estimate of drug-likeness (QED) is 0.698. The van der Waals surface area contributed by atoms with Gasteiger partial charge in [0.15, 0.2) is 5.52 Å². The number of ether oxygens (including phenoxy) is 2. The predicted molar refractivity (Wildman–Crippen MR) is 102 cm³/mol. The number of methoxy groups -OCH3 is 1. The van der Waals surface area contributed by atoms with Crippen molar-refractivity contribution in [3.63, 3.8) is 0 Å². The Balaban J connectivity index is 1.89. The average Bonchev–Trinajstić information content (AvgIpc) is 3.50. The highest BCUT2D eigenvalue weighted by Crippen LogP contribution is 2.43. The van der Waals surface area contributed by atoms with Gasteiger partial charge < -0.3 is 14.5 Å². The van der Waals surface area contributed by atoms with Crippen molar-refractivity contribution in [2.45, 2.75) is 32.3 Å². The minimum atomic E-state index is -0.507. The largest absolute Gasteiger partial charge is 0.496 e. The van der Waals surface area contributed by atoms with Crippen molar-refractivity contribution in [3.8, 4) is 17.0 Å². The van der Waals surface area contributed by atoms with Gasteiger partial charge in [-0.1, -0.05) is 0 Å². The van der Waals surface area contributed by atoms with Crippen molar-refractivity contribution < 1.29 is 9.47 Å². The van der Waals surface area contributed by atoms with E-state index in [1.54, 1.807) is 7.11 Å². The molecular formula is C20H21N3O4. The van der Waals surface area contributed by atoms with Gasteiger partial charge in [-0.3, -0.25) is 9.78 Å². The molecule has 0 aliphatic heterocycles. The SMILES string of the molecule is CCOCc1cc(-c2cc(C3CC3)c3[nH]c(=O)[nH]c(=O)c3n2)ccc1OC. The van der Waals surface area contributed by atoms with E-state index in [0.717, 1.165) is 35.3 Å². The summed E-state index contributed by atoms with van der Waals surface area (Å²) in [6, 6.07) is 7.74. The van der Waals surface area contributed by atoms with E-state index in [0.29, 0.717) is 30.3 Å². The van der Waals surface area contributed by atoms with Crippen molar-refractivity contribution in [1.82, 2.24) is 15.0 Å². The van der Waals surface area contributed by atoms with Crippen LogP contribution in [0, 0.1) is 0 Å². The highest BCUT2D eigenvalue weighted by molar-refractivity contribution is 5.82. The zero-order valence-electron chi connectivity index (χ0n) is 15.3. The van der Waals surface area contributed by atoms with E-state index < -0.39 is 11.2 Å². The number of hydrogen-bond donors (Lipinski definition) is 2. The first-order valence-corrected chi connectivity index (χ1v) is 9.03. The number of aromatic nitrogens is 3. The fourth-order valence-electron chi connectivity index (χ4n) is 3.29. The van der Waals surface area contributed by atoms with Gasteiger partial charge >= 0.3 is 5.69 Å². The molecule has 1 aliphatic rings. The Hall–Kier alpha value is -2.93. The standard InChI is InChI=1S/C20H21N3O4/c1-3-27-10-13-8-12(6-7-16(13)26-2)15-9-14(11-4-5-11)17-18(21-15)19(24)23-20(25)22-17/h6-9,11H,3-5,10H2,1-2H3,(H2,22,23,24,25). The van der Waals surface area contributed by atoms with Crippen LogP contribution in [0.15, 0.2) is 33.9 Å². The van der Waals surface area contributed by atoms with Crippen LogP contribution in [0.1, 0.15) is 36.8 Å². The molecule has 2 aromatic heterocycles. The van der Waals surface area contributed by atoms with Gasteiger partial charge in [0.25, 0.3) is 5.56 Å². The Morgan fingerprint density at radius 3 is 2.70 bits per heavy atom. The van der Waals surface area contributed by atoms with Crippen molar-refractivity contribution in [3.05, 3.63) is 56.2 Å². The number of benzene rings is 1. The molecule has 7 nitrogen and oxygen atoms in total. The molecule has 7 heteroatoms. The third kappa shape index (κ3) is 3.38. The van der Waals surface area contributed by atoms with Gasteiger partial charge in [0.2, 0.25) is 0 Å². The molecule has 0 saturated heterocycles. The molecule has 0 spiro atoms. The fourth-order valence-corrected chi connectivity index (χ4v) is 3.29. The van der Waals surface area contributed by atoms with E-state index in [9.17, 15) is 9.59 Å². The summed E-state index contributed by atoms with van der Waals surface area (Å²) in [4.78, 5) is 33.6. The van der Waals surface area contributed by atoms with E-state index in [1.807, 2.05) is 31.2 Å². The molecule has 1 saturated carbocycles. The van der Waals surface area contributed by atoms with Gasteiger partial charge in [-0.05, 0) is 55.5 Å². The summed E-state index contributed by atoms with van der Waals surface area (Å²) in [6.07, 6.45) is 2.09. The van der Waals surface area contributed by atoms with Crippen molar-refractivity contribution in [2.24, 2.45) is 0 Å². The lowest BCUT2D eigenvalue weighted by atomic mass is 10.0. The molecule has 1 aromatic carbocycles. The molecule has 0 unspecified atom stereocenters. The maximum Gasteiger partial charge on any atom is 0.326 e. The number of nitrogens with one attached hydrogen (secondary N) is 2. The first kappa shape index (κ1) is 17.5. The Morgan fingerprint density at radius 2 is 2.00 bits per heavy atom. The lowest BCUT2D eigenvalue weighted by Crippen LogP contribution is -2.23. The summed E-state index contributed by atoms with van der Waals surface area (Å²) in [7, 11) is 1.62. The molecule has 2 N–H and O–H groups in total. The molecule has 0 atom stereocenters. The van der Waals surface area contributed by atoms with Crippen LogP contribution < -0.4 is 16.0 Å². The third-order valence-corrected chi connectivity index (χ3v) is 4.79. The third-order valence-electron chi connectivity index (χ3n) is 4.79. The van der Waals surface area contributed by atoms with E-state index in [-0.39, 0.29) is 5.52 Å². The number of fused-ring (bicyclic) bond motifs is 1. The van der Waals surface area contributed by atoms with E-state index in [4.69, 9.17) is 9.47 Å². The zero-order valence-corrected chi connectivity index (χ0v) is 15.3. The molecule has 3 aromatic rings. The van der Waals surface area contributed by atoms with Crippen LogP contribution >= 0.6 is 0 Å². The number of pyridine rings is 1. The summed E-state index contributed by atoms with van der Waals surface area (Å²) in [6.45, 7) is 2.98. The zero-order chi connectivity index (χ0) is 19.0. The van der Waals surface area contributed by atoms with Gasteiger partial charge in [0.1, 0.15) is 5.75 Å². The highest BCUT2D eigenvalue weighted by Gasteiger charge is 2.27. The number of nitrogens with zero attached hydrogens (tertiary/aromatic N) is 1. The van der Waals surface area contributed by atoms with Gasteiger partial charge in [-0.25, -0.2) is 9.78 Å². The van der Waals surface area contributed by atoms with Crippen LogP contribution in [0.4, 0.5) is 0 Å². The maximum absolute atomic E-state index is 12.3. The minimum absolute atomic E-state index is 0.260. The van der Waals surface area contributed by atoms with Gasteiger partial charge in [-0.15, -0.1) is 0 Å². The molecule has 0 bridgehead atoms. The summed E-state index contributed by atoms with van der Waals surface area (Å²) in [5.74, 6) is 1.10. The Morgan fingerprint density at radius 1 is 1.19 bits per heavy atom. The second-order valence-electron chi connectivity index (χ2n) is 6.67. The monoisotopic (exact) mass is 367 g/mol. The number of hydrogen-bond acceptors (Lipinski definition) is 5. The summed E-state index contributed by atoms with van der Waals surface area (Å²) >= 11 is 0. The molecule has 0 amide bonds. The van der Waals surface area contributed by atoms with Crippen LogP contribution in [0.3, 0.4) is 0 Å². The molecule has 4 rings (SSSR count). The first-order valence-electron chi connectivity index (χ1n) is 9.03. The summed E-state index contributed by atoms with van der Waals surface area (Å²) in [5.41, 5.74) is 3.28. The van der Waals surface area contributed by atoms with Crippen LogP contribution in [0.25, 0.3) is 22.3 Å². The lowest BCUT2D eigenvalue weighted by Gasteiger charge is -2.12. The highest BCUT2D eigenvalue weighted by atomic mass is 16.5. The lowest BCUT2D eigenvalue weighted by molar-refractivity contribution is 0.132. The topological polar surface area (TPSA) is 97.1 Å². The van der Waals surface area contributed by atoms with Gasteiger partial charge in [0.05, 0.1) is 24.9 Å². The van der Waals surface area contributed by atoms with E-state index in [1.165, 1.54) is 0 Å². The van der Waals surface area contributed by atoms with Gasteiger partial charge in [0, 0.05) is 17.7 Å². The van der Waals surface area contributed by atoms with Crippen molar-refractivity contribution in [2.75, 3.05) is 13.7 Å². The normalized spacial score (nSPS) is 13.9. The van der Waals surface area contributed by atoms with Crippen molar-refractivity contribution in [1.29, 1.82) is 0 Å². The second-order valence-corrected chi connectivity index (χ2v) is 6.67. The van der Waals surface area contributed by atoms with E-state index in [2.05, 4.69) is 15.0 Å². The average molecular weight is 367 g/mol. The fraction of sp³-hybridized carbons (Fsp3) is 0.350.